The van der Waals surface area contributed by atoms with E-state index in [4.69, 9.17) is 10.5 Å². The van der Waals surface area contributed by atoms with E-state index in [9.17, 15) is 10.1 Å². The van der Waals surface area contributed by atoms with Crippen LogP contribution in [0.25, 0.3) is 0 Å². The number of para-hydroxylation sites is 1. The molecule has 21 heavy (non-hydrogen) atoms. The van der Waals surface area contributed by atoms with Gasteiger partial charge in [-0.05, 0) is 31.5 Å². The minimum Gasteiger partial charge on any atom is -0.488 e. The molecule has 0 saturated heterocycles. The third kappa shape index (κ3) is 3.58. The van der Waals surface area contributed by atoms with Gasteiger partial charge in [-0.25, -0.2) is 0 Å². The number of benzene rings is 2. The number of hydrogen-bond acceptors (Lipinski definition) is 4. The number of ether oxygens (including phenoxy) is 1. The molecule has 0 aromatic heterocycles. The molecule has 1 atom stereocenters. The Labute approximate surface area is 123 Å². The Kier molecular flexibility index (Phi) is 4.55. The lowest BCUT2D eigenvalue weighted by Gasteiger charge is -2.15. The lowest BCUT2D eigenvalue weighted by molar-refractivity contribution is -0.385. The molecule has 5 nitrogen and oxygen atoms in total. The number of aryl methyl sites for hydroxylation is 1. The first-order valence-corrected chi connectivity index (χ1v) is 6.70. The van der Waals surface area contributed by atoms with Crippen molar-refractivity contribution in [1.82, 2.24) is 0 Å². The summed E-state index contributed by atoms with van der Waals surface area (Å²) in [4.78, 5) is 10.6. The van der Waals surface area contributed by atoms with Crippen LogP contribution >= 0.6 is 0 Å². The van der Waals surface area contributed by atoms with E-state index in [0.29, 0.717) is 11.3 Å². The first kappa shape index (κ1) is 15.0. The molecule has 2 aromatic rings. The highest BCUT2D eigenvalue weighted by atomic mass is 16.6. The van der Waals surface area contributed by atoms with Gasteiger partial charge >= 0.3 is 0 Å². The van der Waals surface area contributed by atoms with Gasteiger partial charge in [0.2, 0.25) is 0 Å². The first-order chi connectivity index (χ1) is 9.99. The molecule has 0 saturated carbocycles. The van der Waals surface area contributed by atoms with Crippen molar-refractivity contribution in [2.24, 2.45) is 5.73 Å². The zero-order chi connectivity index (χ0) is 15.4. The molecule has 0 spiro atoms. The van der Waals surface area contributed by atoms with Gasteiger partial charge in [-0.3, -0.25) is 10.1 Å². The van der Waals surface area contributed by atoms with Gasteiger partial charge in [0.1, 0.15) is 12.4 Å². The highest BCUT2D eigenvalue weighted by molar-refractivity contribution is 5.42. The maximum atomic E-state index is 11.0. The molecule has 0 fully saturated rings. The van der Waals surface area contributed by atoms with Crippen LogP contribution in [0.15, 0.2) is 42.5 Å². The summed E-state index contributed by atoms with van der Waals surface area (Å²) < 4.78 is 5.77. The highest BCUT2D eigenvalue weighted by Crippen LogP contribution is 2.27. The van der Waals surface area contributed by atoms with Crippen molar-refractivity contribution in [2.75, 3.05) is 0 Å². The average Bonchev–Trinajstić information content (AvgIpc) is 2.45. The Balaban J connectivity index is 2.24. The monoisotopic (exact) mass is 286 g/mol. The largest absolute Gasteiger partial charge is 0.488 e. The van der Waals surface area contributed by atoms with Crippen molar-refractivity contribution in [1.29, 1.82) is 0 Å². The predicted molar refractivity (Wildman–Crippen MR) is 81.2 cm³/mol. The molecule has 0 heterocycles. The van der Waals surface area contributed by atoms with Crippen molar-refractivity contribution >= 4 is 5.69 Å². The molecule has 0 aliphatic carbocycles. The minimum absolute atomic E-state index is 0.0625. The summed E-state index contributed by atoms with van der Waals surface area (Å²) in [5.74, 6) is 0.670. The SMILES string of the molecule is Cc1ccc([C@@H](C)N)c(OCc2ccccc2[N+](=O)[O-])c1. The summed E-state index contributed by atoms with van der Waals surface area (Å²) in [6.45, 7) is 3.98. The van der Waals surface area contributed by atoms with Gasteiger partial charge in [0, 0.05) is 17.7 Å². The summed E-state index contributed by atoms with van der Waals surface area (Å²) in [7, 11) is 0. The van der Waals surface area contributed by atoms with Gasteiger partial charge in [-0.15, -0.1) is 0 Å². The normalized spacial score (nSPS) is 12.0. The molecule has 0 aliphatic heterocycles. The van der Waals surface area contributed by atoms with Crippen LogP contribution in [0, 0.1) is 17.0 Å². The number of hydrogen-bond donors (Lipinski definition) is 1. The van der Waals surface area contributed by atoms with Crippen molar-refractivity contribution in [2.45, 2.75) is 26.5 Å². The summed E-state index contributed by atoms with van der Waals surface area (Å²) in [5.41, 5.74) is 8.47. The van der Waals surface area contributed by atoms with Gasteiger partial charge < -0.3 is 10.5 Å². The van der Waals surface area contributed by atoms with Crippen LogP contribution in [0.5, 0.6) is 5.75 Å². The molecule has 2 rings (SSSR count). The fourth-order valence-corrected chi connectivity index (χ4v) is 2.11. The van der Waals surface area contributed by atoms with Crippen molar-refractivity contribution in [3.8, 4) is 5.75 Å². The molecule has 0 aliphatic rings. The smallest absolute Gasteiger partial charge is 0.276 e. The third-order valence-corrected chi connectivity index (χ3v) is 3.23. The molecular formula is C16H18N2O3. The molecule has 2 N–H and O–H groups in total. The average molecular weight is 286 g/mol. The Morgan fingerprint density at radius 2 is 2.00 bits per heavy atom. The van der Waals surface area contributed by atoms with Crippen LogP contribution in [0.1, 0.15) is 29.7 Å². The van der Waals surface area contributed by atoms with Crippen molar-refractivity contribution < 1.29 is 9.66 Å². The van der Waals surface area contributed by atoms with Crippen LogP contribution in [0.4, 0.5) is 5.69 Å². The van der Waals surface area contributed by atoms with Crippen molar-refractivity contribution in [3.05, 3.63) is 69.3 Å². The minimum atomic E-state index is -0.401. The standard InChI is InChI=1S/C16H18N2O3/c1-11-7-8-14(12(2)17)16(9-11)21-10-13-5-3-4-6-15(13)18(19)20/h3-9,12H,10,17H2,1-2H3/t12-/m1/s1. The van der Waals surface area contributed by atoms with E-state index in [-0.39, 0.29) is 18.3 Å². The van der Waals surface area contributed by atoms with E-state index in [2.05, 4.69) is 0 Å². The van der Waals surface area contributed by atoms with Gasteiger partial charge in [-0.2, -0.15) is 0 Å². The lowest BCUT2D eigenvalue weighted by atomic mass is 10.1. The fourth-order valence-electron chi connectivity index (χ4n) is 2.11. The number of rotatable bonds is 5. The predicted octanol–water partition coefficient (Wildman–Crippen LogP) is 3.50. The van der Waals surface area contributed by atoms with Crippen LogP contribution < -0.4 is 10.5 Å². The number of nitrogens with zero attached hydrogens (tertiary/aromatic N) is 1. The van der Waals surface area contributed by atoms with E-state index in [1.54, 1.807) is 18.2 Å². The van der Waals surface area contributed by atoms with Crippen LogP contribution in [-0.4, -0.2) is 4.92 Å². The first-order valence-electron chi connectivity index (χ1n) is 6.70. The molecule has 110 valence electrons. The molecule has 0 radical (unpaired) electrons. The quantitative estimate of drug-likeness (QED) is 0.674. The van der Waals surface area contributed by atoms with Crippen LogP contribution in [-0.2, 0) is 6.61 Å². The molecule has 5 heteroatoms. The molecule has 0 bridgehead atoms. The topological polar surface area (TPSA) is 78.4 Å². The Bertz CT molecular complexity index is 654. The van der Waals surface area contributed by atoms with E-state index in [1.165, 1.54) is 6.07 Å². The zero-order valence-corrected chi connectivity index (χ0v) is 12.1. The second-order valence-electron chi connectivity index (χ2n) is 5.00. The Hall–Kier alpha value is -2.40. The highest BCUT2D eigenvalue weighted by Gasteiger charge is 2.14. The van der Waals surface area contributed by atoms with E-state index in [1.807, 2.05) is 32.0 Å². The summed E-state index contributed by atoms with van der Waals surface area (Å²) in [5, 5.41) is 11.0. The van der Waals surface area contributed by atoms with Gasteiger partial charge in [0.05, 0.1) is 10.5 Å². The maximum Gasteiger partial charge on any atom is 0.276 e. The van der Waals surface area contributed by atoms with Gasteiger partial charge in [-0.1, -0.05) is 24.3 Å². The molecular weight excluding hydrogens is 268 g/mol. The van der Waals surface area contributed by atoms with Gasteiger partial charge in [0.25, 0.3) is 5.69 Å². The maximum absolute atomic E-state index is 11.0. The molecule has 2 aromatic carbocycles. The number of nitro benzene ring substituents is 1. The second kappa shape index (κ2) is 6.37. The second-order valence-corrected chi connectivity index (χ2v) is 5.00. The van der Waals surface area contributed by atoms with Crippen molar-refractivity contribution in [3.63, 3.8) is 0 Å². The summed E-state index contributed by atoms with van der Waals surface area (Å²) in [6, 6.07) is 12.2. The molecule has 0 amide bonds. The van der Waals surface area contributed by atoms with E-state index in [0.717, 1.165) is 11.1 Å². The van der Waals surface area contributed by atoms with E-state index < -0.39 is 4.92 Å². The van der Waals surface area contributed by atoms with Crippen LogP contribution in [0.3, 0.4) is 0 Å². The van der Waals surface area contributed by atoms with Crippen LogP contribution in [0.2, 0.25) is 0 Å². The Morgan fingerprint density at radius 1 is 1.29 bits per heavy atom. The fraction of sp³-hybridized carbons (Fsp3) is 0.250. The number of nitro groups is 1. The number of nitrogens with two attached hydrogens (primary N) is 1. The summed E-state index contributed by atoms with van der Waals surface area (Å²) in [6.07, 6.45) is 0. The van der Waals surface area contributed by atoms with Gasteiger partial charge in [0.15, 0.2) is 0 Å². The third-order valence-electron chi connectivity index (χ3n) is 3.23. The van der Waals surface area contributed by atoms with E-state index >= 15 is 0 Å². The molecule has 0 unspecified atom stereocenters. The lowest BCUT2D eigenvalue weighted by Crippen LogP contribution is -2.09. The summed E-state index contributed by atoms with van der Waals surface area (Å²) >= 11 is 0. The Morgan fingerprint density at radius 3 is 2.67 bits per heavy atom. The zero-order valence-electron chi connectivity index (χ0n) is 12.1.